The van der Waals surface area contributed by atoms with Gasteiger partial charge in [-0.1, -0.05) is 25.1 Å². The largest absolute Gasteiger partial charge is 0.394 e. The first-order valence-corrected chi connectivity index (χ1v) is 7.04. The number of aliphatic hydroxyl groups is 1. The fourth-order valence-electron chi connectivity index (χ4n) is 2.46. The average molecular weight is 264 g/mol. The molecule has 4 heteroatoms. The van der Waals surface area contributed by atoms with E-state index in [2.05, 4.69) is 48.3 Å². The smallest absolute Gasteiger partial charge is 0.0981 e. The molecule has 0 bridgehead atoms. The van der Waals surface area contributed by atoms with Crippen molar-refractivity contribution in [2.45, 2.75) is 32.5 Å². The van der Waals surface area contributed by atoms with Gasteiger partial charge < -0.3 is 20.1 Å². The predicted octanol–water partition coefficient (Wildman–Crippen LogP) is 1.38. The Balaban J connectivity index is 2.18. The maximum atomic E-state index is 9.29. The van der Waals surface area contributed by atoms with Crippen molar-refractivity contribution in [2.75, 3.05) is 31.2 Å². The van der Waals surface area contributed by atoms with Crippen LogP contribution in [-0.2, 0) is 11.3 Å². The Hall–Kier alpha value is -1.10. The van der Waals surface area contributed by atoms with Crippen molar-refractivity contribution >= 4 is 5.69 Å². The van der Waals surface area contributed by atoms with E-state index in [1.807, 2.05) is 0 Å². The van der Waals surface area contributed by atoms with Crippen molar-refractivity contribution in [1.82, 2.24) is 5.32 Å². The van der Waals surface area contributed by atoms with Crippen LogP contribution in [0.2, 0.25) is 0 Å². The average Bonchev–Trinajstić information content (AvgIpc) is 2.46. The minimum Gasteiger partial charge on any atom is -0.394 e. The third-order valence-electron chi connectivity index (χ3n) is 3.58. The molecule has 4 nitrogen and oxygen atoms in total. The number of nitrogens with zero attached hydrogens (tertiary/aromatic N) is 1. The van der Waals surface area contributed by atoms with Gasteiger partial charge in [-0.15, -0.1) is 0 Å². The molecule has 2 unspecified atom stereocenters. The van der Waals surface area contributed by atoms with Crippen LogP contribution in [0.25, 0.3) is 0 Å². The van der Waals surface area contributed by atoms with E-state index < -0.39 is 0 Å². The second kappa shape index (κ2) is 6.89. The number of nitrogens with one attached hydrogen (secondary N) is 1. The molecule has 1 aromatic rings. The van der Waals surface area contributed by atoms with Crippen LogP contribution in [0.3, 0.4) is 0 Å². The molecule has 1 aliphatic rings. The molecule has 0 aromatic heterocycles. The number of para-hydroxylation sites is 1. The number of anilines is 1. The van der Waals surface area contributed by atoms with Gasteiger partial charge >= 0.3 is 0 Å². The van der Waals surface area contributed by atoms with E-state index in [1.54, 1.807) is 0 Å². The number of morpholine rings is 1. The normalized spacial score (nSPS) is 23.6. The Labute approximate surface area is 115 Å². The second-order valence-electron chi connectivity index (χ2n) is 5.05. The quantitative estimate of drug-likeness (QED) is 0.843. The monoisotopic (exact) mass is 264 g/mol. The van der Waals surface area contributed by atoms with E-state index in [1.165, 1.54) is 11.3 Å². The van der Waals surface area contributed by atoms with Crippen LogP contribution in [-0.4, -0.2) is 43.6 Å². The van der Waals surface area contributed by atoms with Gasteiger partial charge in [-0.05, 0) is 25.1 Å². The van der Waals surface area contributed by atoms with Gasteiger partial charge in [0.2, 0.25) is 0 Å². The summed E-state index contributed by atoms with van der Waals surface area (Å²) in [6.45, 7) is 7.62. The molecule has 1 saturated heterocycles. The molecule has 1 fully saturated rings. The zero-order valence-electron chi connectivity index (χ0n) is 11.8. The first kappa shape index (κ1) is 14.3. The number of rotatable bonds is 5. The molecule has 0 spiro atoms. The molecule has 1 aromatic carbocycles. The van der Waals surface area contributed by atoms with Gasteiger partial charge in [0.15, 0.2) is 0 Å². The molecule has 2 rings (SSSR count). The van der Waals surface area contributed by atoms with Crippen LogP contribution in [0.5, 0.6) is 0 Å². The van der Waals surface area contributed by atoms with Crippen LogP contribution < -0.4 is 10.2 Å². The Morgan fingerprint density at radius 3 is 2.95 bits per heavy atom. The third-order valence-corrected chi connectivity index (χ3v) is 3.58. The second-order valence-corrected chi connectivity index (χ2v) is 5.05. The minimum absolute atomic E-state index is 0.0802. The molecule has 0 amide bonds. The van der Waals surface area contributed by atoms with Crippen molar-refractivity contribution in [3.63, 3.8) is 0 Å². The highest BCUT2D eigenvalue weighted by Gasteiger charge is 2.26. The Kier molecular flexibility index (Phi) is 5.19. The fourth-order valence-corrected chi connectivity index (χ4v) is 2.46. The summed E-state index contributed by atoms with van der Waals surface area (Å²) in [7, 11) is 0. The lowest BCUT2D eigenvalue weighted by molar-refractivity contribution is -0.0103. The minimum atomic E-state index is -0.0802. The molecule has 0 aliphatic carbocycles. The van der Waals surface area contributed by atoms with E-state index >= 15 is 0 Å². The highest BCUT2D eigenvalue weighted by Crippen LogP contribution is 2.25. The van der Waals surface area contributed by atoms with Gasteiger partial charge in [-0.25, -0.2) is 0 Å². The van der Waals surface area contributed by atoms with E-state index in [0.717, 1.165) is 19.6 Å². The summed E-state index contributed by atoms with van der Waals surface area (Å²) in [5.74, 6) is 0. The number of hydrogen-bond donors (Lipinski definition) is 2. The van der Waals surface area contributed by atoms with Crippen LogP contribution in [0.15, 0.2) is 24.3 Å². The van der Waals surface area contributed by atoms with Crippen LogP contribution >= 0.6 is 0 Å². The van der Waals surface area contributed by atoms with Crippen LogP contribution in [0.1, 0.15) is 19.4 Å². The SMILES string of the molecule is CCNCc1ccccc1N1CC(CO)OCC1C. The summed E-state index contributed by atoms with van der Waals surface area (Å²) in [6.07, 6.45) is -0.0802. The number of hydrogen-bond acceptors (Lipinski definition) is 4. The lowest BCUT2D eigenvalue weighted by Gasteiger charge is -2.40. The lowest BCUT2D eigenvalue weighted by atomic mass is 10.1. The summed E-state index contributed by atoms with van der Waals surface area (Å²) in [6, 6.07) is 8.80. The molecule has 1 aliphatic heterocycles. The summed E-state index contributed by atoms with van der Waals surface area (Å²) >= 11 is 0. The maximum absolute atomic E-state index is 9.29. The Morgan fingerprint density at radius 2 is 2.21 bits per heavy atom. The Bertz CT molecular complexity index is 397. The lowest BCUT2D eigenvalue weighted by Crippen LogP contribution is -2.50. The van der Waals surface area contributed by atoms with E-state index in [0.29, 0.717) is 12.6 Å². The molecule has 2 N–H and O–H groups in total. The zero-order valence-corrected chi connectivity index (χ0v) is 11.8. The molecule has 1 heterocycles. The van der Waals surface area contributed by atoms with E-state index in [-0.39, 0.29) is 12.7 Å². The molecule has 106 valence electrons. The molecule has 0 radical (unpaired) electrons. The van der Waals surface area contributed by atoms with Gasteiger partial charge in [0, 0.05) is 24.8 Å². The standard InChI is InChI=1S/C15H24N2O2/c1-3-16-8-13-6-4-5-7-15(13)17-9-14(10-18)19-11-12(17)2/h4-7,12,14,16,18H,3,8-11H2,1-2H3. The van der Waals surface area contributed by atoms with E-state index in [9.17, 15) is 5.11 Å². The fraction of sp³-hybridized carbons (Fsp3) is 0.600. The zero-order chi connectivity index (χ0) is 13.7. The van der Waals surface area contributed by atoms with Crippen LogP contribution in [0.4, 0.5) is 5.69 Å². The predicted molar refractivity (Wildman–Crippen MR) is 77.5 cm³/mol. The highest BCUT2D eigenvalue weighted by atomic mass is 16.5. The summed E-state index contributed by atoms with van der Waals surface area (Å²) < 4.78 is 5.60. The molecule has 2 atom stereocenters. The Morgan fingerprint density at radius 1 is 1.42 bits per heavy atom. The van der Waals surface area contributed by atoms with Crippen molar-refractivity contribution in [3.8, 4) is 0 Å². The number of benzene rings is 1. The summed E-state index contributed by atoms with van der Waals surface area (Å²) in [5.41, 5.74) is 2.55. The van der Waals surface area contributed by atoms with Crippen LogP contribution in [0, 0.1) is 0 Å². The van der Waals surface area contributed by atoms with Gasteiger partial charge in [0.1, 0.15) is 0 Å². The topological polar surface area (TPSA) is 44.7 Å². The van der Waals surface area contributed by atoms with Gasteiger partial charge in [0.25, 0.3) is 0 Å². The number of aliphatic hydroxyl groups excluding tert-OH is 1. The van der Waals surface area contributed by atoms with Gasteiger partial charge in [0.05, 0.1) is 19.3 Å². The van der Waals surface area contributed by atoms with Gasteiger partial charge in [-0.2, -0.15) is 0 Å². The van der Waals surface area contributed by atoms with Crippen molar-refractivity contribution in [1.29, 1.82) is 0 Å². The van der Waals surface area contributed by atoms with E-state index in [4.69, 9.17) is 4.74 Å². The molecular weight excluding hydrogens is 240 g/mol. The van der Waals surface area contributed by atoms with Gasteiger partial charge in [-0.3, -0.25) is 0 Å². The van der Waals surface area contributed by atoms with Crippen molar-refractivity contribution < 1.29 is 9.84 Å². The molecular formula is C15H24N2O2. The number of ether oxygens (including phenoxy) is 1. The first-order valence-electron chi connectivity index (χ1n) is 7.04. The van der Waals surface area contributed by atoms with Crippen molar-refractivity contribution in [2.24, 2.45) is 0 Å². The molecule has 19 heavy (non-hydrogen) atoms. The van der Waals surface area contributed by atoms with Crippen molar-refractivity contribution in [3.05, 3.63) is 29.8 Å². The maximum Gasteiger partial charge on any atom is 0.0981 e. The summed E-state index contributed by atoms with van der Waals surface area (Å²) in [5, 5.41) is 12.7. The summed E-state index contributed by atoms with van der Waals surface area (Å²) in [4.78, 5) is 2.34. The third kappa shape index (κ3) is 3.47. The highest BCUT2D eigenvalue weighted by molar-refractivity contribution is 5.54. The first-order chi connectivity index (χ1) is 9.26. The molecule has 0 saturated carbocycles.